The fourth-order valence-electron chi connectivity index (χ4n) is 2.48. The van der Waals surface area contributed by atoms with Gasteiger partial charge in [0.25, 0.3) is 5.91 Å². The van der Waals surface area contributed by atoms with Gasteiger partial charge in [-0.2, -0.15) is 0 Å². The molecule has 108 valence electrons. The maximum Gasteiger partial charge on any atom is 0.253 e. The molecule has 7 heteroatoms. The first-order valence-electron chi connectivity index (χ1n) is 6.24. The molecule has 1 aliphatic rings. The van der Waals surface area contributed by atoms with Crippen LogP contribution >= 0.6 is 38.5 Å². The summed E-state index contributed by atoms with van der Waals surface area (Å²) in [5.74, 6) is -0.144. The third-order valence-corrected chi connectivity index (χ3v) is 4.94. The summed E-state index contributed by atoms with van der Waals surface area (Å²) in [6.45, 7) is 0. The molecule has 20 heavy (non-hydrogen) atoms. The van der Waals surface area contributed by atoms with E-state index < -0.39 is 5.54 Å². The van der Waals surface area contributed by atoms with Crippen LogP contribution in [0.5, 0.6) is 0 Å². The van der Waals surface area contributed by atoms with Gasteiger partial charge >= 0.3 is 0 Å². The minimum absolute atomic E-state index is 0.0742. The maximum absolute atomic E-state index is 12.5. The summed E-state index contributed by atoms with van der Waals surface area (Å²) < 4.78 is 1.70. The topological polar surface area (TPSA) is 87.7 Å². The molecule has 1 aromatic rings. The van der Waals surface area contributed by atoms with E-state index in [2.05, 4.69) is 49.0 Å². The van der Waals surface area contributed by atoms with Crippen molar-refractivity contribution in [3.8, 4) is 0 Å². The SMILES string of the molecule is N/C(=N/O)C1(NC(=O)c2cc(I)ccc2Br)CCCC1. The van der Waals surface area contributed by atoms with E-state index in [1.165, 1.54) is 0 Å². The average Bonchev–Trinajstić information content (AvgIpc) is 2.90. The van der Waals surface area contributed by atoms with E-state index >= 15 is 0 Å². The second kappa shape index (κ2) is 6.30. The molecule has 0 heterocycles. The van der Waals surface area contributed by atoms with Crippen LogP contribution in [0.1, 0.15) is 36.0 Å². The number of halogens is 2. The molecule has 0 atom stereocenters. The highest BCUT2D eigenvalue weighted by Gasteiger charge is 2.40. The molecule has 1 amide bonds. The first-order valence-corrected chi connectivity index (χ1v) is 8.11. The smallest absolute Gasteiger partial charge is 0.253 e. The van der Waals surface area contributed by atoms with Gasteiger partial charge < -0.3 is 16.3 Å². The normalized spacial score (nSPS) is 18.0. The van der Waals surface area contributed by atoms with Crippen molar-refractivity contribution in [1.29, 1.82) is 0 Å². The Labute approximate surface area is 139 Å². The van der Waals surface area contributed by atoms with Gasteiger partial charge in [-0.1, -0.05) is 18.0 Å². The second-order valence-electron chi connectivity index (χ2n) is 4.85. The molecule has 0 saturated heterocycles. The summed E-state index contributed by atoms with van der Waals surface area (Å²) in [5, 5.41) is 15.0. The predicted octanol–water partition coefficient (Wildman–Crippen LogP) is 2.84. The Morgan fingerprint density at radius 3 is 2.70 bits per heavy atom. The molecule has 0 aromatic heterocycles. The van der Waals surface area contributed by atoms with Crippen molar-refractivity contribution < 1.29 is 10.0 Å². The molecule has 1 saturated carbocycles. The highest BCUT2D eigenvalue weighted by Crippen LogP contribution is 2.31. The van der Waals surface area contributed by atoms with Crippen molar-refractivity contribution >= 4 is 50.3 Å². The average molecular weight is 452 g/mol. The second-order valence-corrected chi connectivity index (χ2v) is 6.95. The van der Waals surface area contributed by atoms with Crippen LogP contribution in [0.15, 0.2) is 27.8 Å². The lowest BCUT2D eigenvalue weighted by molar-refractivity contribution is 0.0922. The van der Waals surface area contributed by atoms with Gasteiger partial charge in [-0.25, -0.2) is 0 Å². The van der Waals surface area contributed by atoms with Crippen molar-refractivity contribution in [1.82, 2.24) is 5.32 Å². The number of hydrogen-bond acceptors (Lipinski definition) is 3. The van der Waals surface area contributed by atoms with E-state index in [0.29, 0.717) is 18.4 Å². The third kappa shape index (κ3) is 3.08. The summed E-state index contributed by atoms with van der Waals surface area (Å²) >= 11 is 5.53. The Morgan fingerprint density at radius 2 is 2.10 bits per heavy atom. The lowest BCUT2D eigenvalue weighted by Crippen LogP contribution is -2.55. The van der Waals surface area contributed by atoms with E-state index in [-0.39, 0.29) is 11.7 Å². The lowest BCUT2D eigenvalue weighted by Gasteiger charge is -2.29. The van der Waals surface area contributed by atoms with E-state index in [1.54, 1.807) is 6.07 Å². The van der Waals surface area contributed by atoms with Crippen molar-refractivity contribution in [3.05, 3.63) is 31.8 Å². The molecular formula is C13H15BrIN3O2. The van der Waals surface area contributed by atoms with Crippen LogP contribution in [-0.2, 0) is 0 Å². The number of nitrogens with one attached hydrogen (secondary N) is 1. The van der Waals surface area contributed by atoms with E-state index in [9.17, 15) is 4.79 Å². The number of carbonyl (C=O) groups is 1. The Hall–Kier alpha value is -0.830. The summed E-state index contributed by atoms with van der Waals surface area (Å²) in [7, 11) is 0. The van der Waals surface area contributed by atoms with E-state index in [1.807, 2.05) is 12.1 Å². The van der Waals surface area contributed by atoms with Crippen LogP contribution < -0.4 is 11.1 Å². The number of amidine groups is 1. The Balaban J connectivity index is 2.27. The highest BCUT2D eigenvalue weighted by atomic mass is 127. The minimum Gasteiger partial charge on any atom is -0.409 e. The summed E-state index contributed by atoms with van der Waals surface area (Å²) in [4.78, 5) is 12.5. The number of hydrogen-bond donors (Lipinski definition) is 3. The zero-order valence-corrected chi connectivity index (χ0v) is 14.4. The van der Waals surface area contributed by atoms with Crippen molar-refractivity contribution in [2.75, 3.05) is 0 Å². The summed E-state index contributed by atoms with van der Waals surface area (Å²) in [5.41, 5.74) is 5.60. The van der Waals surface area contributed by atoms with Gasteiger partial charge in [0.2, 0.25) is 0 Å². The van der Waals surface area contributed by atoms with Gasteiger partial charge in [-0.15, -0.1) is 0 Å². The molecule has 0 unspecified atom stereocenters. The molecule has 1 aromatic carbocycles. The molecule has 0 aliphatic heterocycles. The quantitative estimate of drug-likeness (QED) is 0.217. The zero-order valence-electron chi connectivity index (χ0n) is 10.7. The summed E-state index contributed by atoms with van der Waals surface area (Å²) in [6, 6.07) is 5.55. The van der Waals surface area contributed by atoms with Crippen LogP contribution in [0.4, 0.5) is 0 Å². The maximum atomic E-state index is 12.5. The molecule has 1 fully saturated rings. The first kappa shape index (κ1) is 15.6. The number of amides is 1. The van der Waals surface area contributed by atoms with E-state index in [0.717, 1.165) is 20.9 Å². The number of oxime groups is 1. The van der Waals surface area contributed by atoms with Gasteiger partial charge in [0.1, 0.15) is 5.54 Å². The lowest BCUT2D eigenvalue weighted by atomic mass is 9.95. The largest absolute Gasteiger partial charge is 0.409 e. The van der Waals surface area contributed by atoms with Gasteiger partial charge in [-0.3, -0.25) is 4.79 Å². The van der Waals surface area contributed by atoms with Crippen molar-refractivity contribution in [3.63, 3.8) is 0 Å². The molecule has 0 spiro atoms. The Bertz CT molecular complexity index is 557. The van der Waals surface area contributed by atoms with E-state index in [4.69, 9.17) is 10.9 Å². The summed E-state index contributed by atoms with van der Waals surface area (Å²) in [6.07, 6.45) is 3.28. The van der Waals surface area contributed by atoms with Gasteiger partial charge in [0.05, 0.1) is 5.56 Å². The number of nitrogens with zero attached hydrogens (tertiary/aromatic N) is 1. The molecule has 0 bridgehead atoms. The molecule has 0 radical (unpaired) electrons. The third-order valence-electron chi connectivity index (χ3n) is 3.58. The fourth-order valence-corrected chi connectivity index (χ4v) is 3.39. The Morgan fingerprint density at radius 1 is 1.45 bits per heavy atom. The molecule has 5 nitrogen and oxygen atoms in total. The molecule has 1 aliphatic carbocycles. The number of carbonyl (C=O) groups excluding carboxylic acids is 1. The predicted molar refractivity (Wildman–Crippen MR) is 88.9 cm³/mol. The van der Waals surface area contributed by atoms with Crippen LogP contribution in [0, 0.1) is 3.57 Å². The number of benzene rings is 1. The molecule has 4 N–H and O–H groups in total. The highest BCUT2D eigenvalue weighted by molar-refractivity contribution is 14.1. The van der Waals surface area contributed by atoms with Crippen molar-refractivity contribution in [2.45, 2.75) is 31.2 Å². The van der Waals surface area contributed by atoms with Crippen LogP contribution in [0.25, 0.3) is 0 Å². The fraction of sp³-hybridized carbons (Fsp3) is 0.385. The first-order chi connectivity index (χ1) is 9.48. The van der Waals surface area contributed by atoms with Gasteiger partial charge in [-0.05, 0) is 69.6 Å². The van der Waals surface area contributed by atoms with Crippen LogP contribution in [0.2, 0.25) is 0 Å². The van der Waals surface area contributed by atoms with Crippen LogP contribution in [0.3, 0.4) is 0 Å². The number of rotatable bonds is 3. The molecule has 2 rings (SSSR count). The van der Waals surface area contributed by atoms with Gasteiger partial charge in [0.15, 0.2) is 5.84 Å². The van der Waals surface area contributed by atoms with Crippen molar-refractivity contribution in [2.24, 2.45) is 10.9 Å². The molecular weight excluding hydrogens is 437 g/mol. The Kier molecular flexibility index (Phi) is 4.90. The standard InChI is InChI=1S/C13H15BrIN3O2/c14-10-4-3-8(15)7-9(10)11(19)17-13(12(16)18-20)5-1-2-6-13/h3-4,7,20H,1-2,5-6H2,(H2,16,18)(H,17,19). The monoisotopic (exact) mass is 451 g/mol. The van der Waals surface area contributed by atoms with Crippen LogP contribution in [-0.4, -0.2) is 22.5 Å². The minimum atomic E-state index is -0.730. The zero-order chi connectivity index (χ0) is 14.8. The van der Waals surface area contributed by atoms with Gasteiger partial charge in [0, 0.05) is 8.04 Å². The number of nitrogens with two attached hydrogens (primary N) is 1.